The van der Waals surface area contributed by atoms with Crippen LogP contribution in [0.15, 0.2) is 42.5 Å². The molecule has 0 aliphatic carbocycles. The molecule has 1 N–H and O–H groups in total. The summed E-state index contributed by atoms with van der Waals surface area (Å²) in [5.41, 5.74) is 1.11. The summed E-state index contributed by atoms with van der Waals surface area (Å²) in [5.74, 6) is -0.705. The maximum atomic E-state index is 10.7. The fourth-order valence-corrected chi connectivity index (χ4v) is 2.05. The highest BCUT2D eigenvalue weighted by atomic mass is 16.4. The molecule has 2 rings (SSSR count). The van der Waals surface area contributed by atoms with Crippen molar-refractivity contribution >= 4 is 16.7 Å². The highest BCUT2D eigenvalue weighted by Crippen LogP contribution is 2.27. The molecule has 2 aromatic rings. The molecular formula is C14H14O2. The molecule has 0 unspecified atom stereocenters. The molecule has 0 fully saturated rings. The van der Waals surface area contributed by atoms with Crippen LogP contribution in [0.2, 0.25) is 0 Å². The molecule has 0 bridgehead atoms. The van der Waals surface area contributed by atoms with Crippen LogP contribution >= 0.6 is 0 Å². The smallest absolute Gasteiger partial charge is 0.303 e. The van der Waals surface area contributed by atoms with Gasteiger partial charge in [-0.25, -0.2) is 0 Å². The maximum absolute atomic E-state index is 10.7. The number of carbonyl (C=O) groups is 1. The minimum Gasteiger partial charge on any atom is -0.481 e. The first-order chi connectivity index (χ1) is 7.68. The molecule has 0 amide bonds. The third-order valence-corrected chi connectivity index (χ3v) is 2.84. The van der Waals surface area contributed by atoms with Gasteiger partial charge in [-0.3, -0.25) is 4.79 Å². The molecular weight excluding hydrogens is 200 g/mol. The number of hydrogen-bond donors (Lipinski definition) is 1. The second-order valence-corrected chi connectivity index (χ2v) is 4.07. The van der Waals surface area contributed by atoms with Crippen LogP contribution in [0.4, 0.5) is 0 Å². The zero-order chi connectivity index (χ0) is 11.5. The maximum Gasteiger partial charge on any atom is 0.303 e. The molecule has 2 aromatic carbocycles. The van der Waals surface area contributed by atoms with Gasteiger partial charge in [0.1, 0.15) is 0 Å². The van der Waals surface area contributed by atoms with Gasteiger partial charge in [0.05, 0.1) is 6.42 Å². The van der Waals surface area contributed by atoms with Gasteiger partial charge in [0.25, 0.3) is 0 Å². The van der Waals surface area contributed by atoms with E-state index in [1.807, 2.05) is 49.4 Å². The topological polar surface area (TPSA) is 37.3 Å². The van der Waals surface area contributed by atoms with E-state index in [9.17, 15) is 4.79 Å². The monoisotopic (exact) mass is 214 g/mol. The second-order valence-electron chi connectivity index (χ2n) is 4.07. The summed E-state index contributed by atoms with van der Waals surface area (Å²) >= 11 is 0. The van der Waals surface area contributed by atoms with E-state index in [4.69, 9.17) is 5.11 Å². The Morgan fingerprint density at radius 2 is 1.88 bits per heavy atom. The van der Waals surface area contributed by atoms with E-state index in [0.29, 0.717) is 0 Å². The Hall–Kier alpha value is -1.83. The van der Waals surface area contributed by atoms with Crippen molar-refractivity contribution in [1.82, 2.24) is 0 Å². The van der Waals surface area contributed by atoms with E-state index in [-0.39, 0.29) is 12.3 Å². The average Bonchev–Trinajstić information content (AvgIpc) is 2.27. The standard InChI is InChI=1S/C14H14O2/c1-10(9-14(15)16)12-8-4-6-11-5-2-3-7-13(11)12/h2-8,10H,9H2,1H3,(H,15,16)/t10-/m1/s1. The summed E-state index contributed by atoms with van der Waals surface area (Å²) in [4.78, 5) is 10.7. The highest BCUT2D eigenvalue weighted by molar-refractivity contribution is 5.86. The fraction of sp³-hybridized carbons (Fsp3) is 0.214. The van der Waals surface area contributed by atoms with E-state index in [0.717, 1.165) is 16.3 Å². The van der Waals surface area contributed by atoms with Crippen LogP contribution < -0.4 is 0 Å². The van der Waals surface area contributed by atoms with Crippen LogP contribution in [-0.2, 0) is 4.79 Å². The number of carboxylic acids is 1. The van der Waals surface area contributed by atoms with Crippen molar-refractivity contribution in [2.75, 3.05) is 0 Å². The molecule has 0 spiro atoms. The van der Waals surface area contributed by atoms with Crippen LogP contribution in [0, 0.1) is 0 Å². The number of fused-ring (bicyclic) bond motifs is 1. The van der Waals surface area contributed by atoms with Gasteiger partial charge in [-0.1, -0.05) is 49.4 Å². The van der Waals surface area contributed by atoms with Gasteiger partial charge in [0.2, 0.25) is 0 Å². The summed E-state index contributed by atoms with van der Waals surface area (Å²) in [6.07, 6.45) is 0.175. The third kappa shape index (κ3) is 2.06. The average molecular weight is 214 g/mol. The van der Waals surface area contributed by atoms with Crippen LogP contribution in [0.25, 0.3) is 10.8 Å². The predicted molar refractivity (Wildman–Crippen MR) is 64.6 cm³/mol. The first-order valence-corrected chi connectivity index (χ1v) is 5.38. The Morgan fingerprint density at radius 3 is 2.62 bits per heavy atom. The summed E-state index contributed by atoms with van der Waals surface area (Å²) in [5, 5.41) is 11.1. The Morgan fingerprint density at radius 1 is 1.19 bits per heavy atom. The SMILES string of the molecule is C[C@H](CC(=O)O)c1cccc2ccccc12. The van der Waals surface area contributed by atoms with Crippen molar-refractivity contribution in [3.8, 4) is 0 Å². The molecule has 0 radical (unpaired) electrons. The van der Waals surface area contributed by atoms with E-state index < -0.39 is 5.97 Å². The van der Waals surface area contributed by atoms with Crippen LogP contribution in [-0.4, -0.2) is 11.1 Å². The van der Waals surface area contributed by atoms with Gasteiger partial charge >= 0.3 is 5.97 Å². The minimum atomic E-state index is -0.750. The molecule has 0 aliphatic rings. The Labute approximate surface area is 94.5 Å². The summed E-state index contributed by atoms with van der Waals surface area (Å²) in [6, 6.07) is 14.1. The van der Waals surface area contributed by atoms with E-state index in [1.165, 1.54) is 0 Å². The lowest BCUT2D eigenvalue weighted by molar-refractivity contribution is -0.137. The Bertz CT molecular complexity index is 512. The number of hydrogen-bond acceptors (Lipinski definition) is 1. The van der Waals surface area contributed by atoms with Gasteiger partial charge in [-0.2, -0.15) is 0 Å². The Kier molecular flexibility index (Phi) is 2.91. The summed E-state index contributed by atoms with van der Waals surface area (Å²) < 4.78 is 0. The predicted octanol–water partition coefficient (Wildman–Crippen LogP) is 3.42. The fourth-order valence-electron chi connectivity index (χ4n) is 2.05. The zero-order valence-corrected chi connectivity index (χ0v) is 9.18. The molecule has 0 aliphatic heterocycles. The molecule has 82 valence electrons. The van der Waals surface area contributed by atoms with Gasteiger partial charge in [0, 0.05) is 0 Å². The molecule has 16 heavy (non-hydrogen) atoms. The first-order valence-electron chi connectivity index (χ1n) is 5.38. The molecule has 0 aromatic heterocycles. The van der Waals surface area contributed by atoms with Crippen molar-refractivity contribution in [3.63, 3.8) is 0 Å². The quantitative estimate of drug-likeness (QED) is 0.850. The lowest BCUT2D eigenvalue weighted by Gasteiger charge is -2.12. The van der Waals surface area contributed by atoms with Crippen molar-refractivity contribution in [2.45, 2.75) is 19.3 Å². The molecule has 1 atom stereocenters. The number of benzene rings is 2. The summed E-state index contributed by atoms with van der Waals surface area (Å²) in [6.45, 7) is 1.95. The van der Waals surface area contributed by atoms with Crippen molar-refractivity contribution < 1.29 is 9.90 Å². The Balaban J connectivity index is 2.47. The van der Waals surface area contributed by atoms with Crippen molar-refractivity contribution in [2.24, 2.45) is 0 Å². The third-order valence-electron chi connectivity index (χ3n) is 2.84. The summed E-state index contributed by atoms with van der Waals surface area (Å²) in [7, 11) is 0. The largest absolute Gasteiger partial charge is 0.481 e. The van der Waals surface area contributed by atoms with Crippen LogP contribution in [0.3, 0.4) is 0 Å². The van der Waals surface area contributed by atoms with Gasteiger partial charge in [-0.15, -0.1) is 0 Å². The van der Waals surface area contributed by atoms with Crippen molar-refractivity contribution in [3.05, 3.63) is 48.0 Å². The van der Waals surface area contributed by atoms with Gasteiger partial charge < -0.3 is 5.11 Å². The molecule has 0 saturated carbocycles. The second kappa shape index (κ2) is 4.35. The van der Waals surface area contributed by atoms with Crippen LogP contribution in [0.1, 0.15) is 24.8 Å². The number of aliphatic carboxylic acids is 1. The molecule has 0 saturated heterocycles. The van der Waals surface area contributed by atoms with E-state index in [1.54, 1.807) is 0 Å². The normalized spacial score (nSPS) is 12.6. The van der Waals surface area contributed by atoms with Gasteiger partial charge in [-0.05, 0) is 22.3 Å². The van der Waals surface area contributed by atoms with Crippen LogP contribution in [0.5, 0.6) is 0 Å². The van der Waals surface area contributed by atoms with E-state index in [2.05, 4.69) is 0 Å². The van der Waals surface area contributed by atoms with E-state index >= 15 is 0 Å². The molecule has 2 heteroatoms. The lowest BCUT2D eigenvalue weighted by atomic mass is 9.93. The molecule has 0 heterocycles. The van der Waals surface area contributed by atoms with Gasteiger partial charge in [0.15, 0.2) is 0 Å². The lowest BCUT2D eigenvalue weighted by Crippen LogP contribution is -2.03. The number of carboxylic acid groups (broad SMARTS) is 1. The minimum absolute atomic E-state index is 0.0450. The van der Waals surface area contributed by atoms with Crippen molar-refractivity contribution in [1.29, 1.82) is 0 Å². The highest BCUT2D eigenvalue weighted by Gasteiger charge is 2.12. The first kappa shape index (κ1) is 10.7. The zero-order valence-electron chi connectivity index (χ0n) is 9.18. The molecule has 2 nitrogen and oxygen atoms in total. The number of rotatable bonds is 3.